The summed E-state index contributed by atoms with van der Waals surface area (Å²) >= 11 is 0. The van der Waals surface area contributed by atoms with Gasteiger partial charge in [0.25, 0.3) is 11.5 Å². The Morgan fingerprint density at radius 2 is 1.95 bits per heavy atom. The number of carbonyl (C=O) groups is 1. The number of aromatic amines is 1. The number of aromatic nitrogens is 3. The van der Waals surface area contributed by atoms with Crippen LogP contribution in [0, 0.1) is 6.92 Å². The number of amides is 1. The number of methoxy groups -OCH3 is 1. The van der Waals surface area contributed by atoms with Crippen LogP contribution in [0.4, 0.5) is 0 Å². The number of H-pyrrole nitrogens is 1. The first-order valence-electron chi connectivity index (χ1n) is 13.1. The number of nitrogens with zero attached hydrogens (tertiary/aromatic N) is 4. The van der Waals surface area contributed by atoms with Crippen molar-refractivity contribution in [2.24, 2.45) is 0 Å². The molecule has 5 rings (SSSR count). The lowest BCUT2D eigenvalue weighted by molar-refractivity contribution is 0.0482. The minimum Gasteiger partial charge on any atom is -0.385 e. The number of hydrogen-bond donors (Lipinski definition) is 1. The average molecular weight is 548 g/mol. The van der Waals surface area contributed by atoms with E-state index in [1.165, 1.54) is 0 Å². The molecule has 38 heavy (non-hydrogen) atoms. The second-order valence-electron chi connectivity index (χ2n) is 10.2. The number of carbonyl (C=O) groups excluding carboxylic acids is 1. The van der Waals surface area contributed by atoms with Crippen molar-refractivity contribution >= 4 is 40.1 Å². The third kappa shape index (κ3) is 5.91. The van der Waals surface area contributed by atoms with Crippen molar-refractivity contribution in [3.63, 3.8) is 0 Å². The number of benzene rings is 1. The summed E-state index contributed by atoms with van der Waals surface area (Å²) in [5.74, 6) is 0.0532. The molecule has 0 spiro atoms. The Labute approximate surface area is 230 Å². The molecule has 0 bridgehead atoms. The predicted octanol–water partition coefficient (Wildman–Crippen LogP) is 4.17. The molecule has 1 aromatic carbocycles. The van der Waals surface area contributed by atoms with Gasteiger partial charge in [0.1, 0.15) is 0 Å². The number of hydrogen-bond acceptors (Lipinski definition) is 6. The van der Waals surface area contributed by atoms with E-state index in [1.807, 2.05) is 28.6 Å². The summed E-state index contributed by atoms with van der Waals surface area (Å²) in [6, 6.07) is 4.21. The Kier molecular flexibility index (Phi) is 10.3. The Balaban J connectivity index is 0.00000200. The minimum absolute atomic E-state index is 0. The third-order valence-corrected chi connectivity index (χ3v) is 7.72. The third-order valence-electron chi connectivity index (χ3n) is 7.72. The molecular formula is C28H42ClN5O4. The van der Waals surface area contributed by atoms with Crippen molar-refractivity contribution in [2.45, 2.75) is 59.0 Å². The number of fused-ring (bicyclic) bond motifs is 3. The van der Waals surface area contributed by atoms with Crippen LogP contribution in [-0.2, 0) is 9.47 Å². The lowest BCUT2D eigenvalue weighted by Gasteiger charge is -2.40. The van der Waals surface area contributed by atoms with Crippen molar-refractivity contribution in [1.82, 2.24) is 24.6 Å². The van der Waals surface area contributed by atoms with Gasteiger partial charge in [0.2, 0.25) is 0 Å². The van der Waals surface area contributed by atoms with Gasteiger partial charge in [0, 0.05) is 63.6 Å². The highest BCUT2D eigenvalue weighted by Gasteiger charge is 2.29. The van der Waals surface area contributed by atoms with Gasteiger partial charge in [-0.2, -0.15) is 5.10 Å². The molecule has 4 heterocycles. The highest BCUT2D eigenvalue weighted by molar-refractivity contribution is 6.07. The smallest absolute Gasteiger partial charge is 0.259 e. The standard InChI is InChI=1S/C27H37N5O4.CH4.ClH/c1-18-14-24-22(25-23(26(33)29-24)16-28-32(25)20-6-12-36-13-7-20)15-21(18)27(34)31-10-9-30(17-19(31)2)8-4-5-11-35-3;;/h14-16,19-20H,4-13,17H2,1-3H3,(H,29,33);1H4;1H/t19-;;/m1../s1. The van der Waals surface area contributed by atoms with Crippen LogP contribution in [0.25, 0.3) is 21.8 Å². The molecule has 1 atom stereocenters. The number of rotatable bonds is 7. The maximum Gasteiger partial charge on any atom is 0.259 e. The van der Waals surface area contributed by atoms with Crippen LogP contribution in [0.3, 0.4) is 0 Å². The number of pyridine rings is 1. The van der Waals surface area contributed by atoms with E-state index >= 15 is 0 Å². The summed E-state index contributed by atoms with van der Waals surface area (Å²) in [6.45, 7) is 9.74. The Hall–Kier alpha value is -2.46. The summed E-state index contributed by atoms with van der Waals surface area (Å²) in [6.07, 6.45) is 5.53. The van der Waals surface area contributed by atoms with Crippen LogP contribution < -0.4 is 5.56 Å². The fourth-order valence-corrected chi connectivity index (χ4v) is 5.71. The Morgan fingerprint density at radius 3 is 2.66 bits per heavy atom. The van der Waals surface area contributed by atoms with Crippen molar-refractivity contribution in [3.8, 4) is 0 Å². The van der Waals surface area contributed by atoms with Crippen molar-refractivity contribution in [3.05, 3.63) is 39.8 Å². The molecule has 0 radical (unpaired) electrons. The molecular weight excluding hydrogens is 506 g/mol. The van der Waals surface area contributed by atoms with E-state index in [1.54, 1.807) is 13.3 Å². The van der Waals surface area contributed by atoms with Gasteiger partial charge in [-0.05, 0) is 63.8 Å². The maximum absolute atomic E-state index is 13.8. The molecule has 210 valence electrons. The Morgan fingerprint density at radius 1 is 1.18 bits per heavy atom. The number of halogens is 1. The highest BCUT2D eigenvalue weighted by Crippen LogP contribution is 2.30. The molecule has 2 aromatic heterocycles. The lowest BCUT2D eigenvalue weighted by Crippen LogP contribution is -2.54. The molecule has 1 N–H and O–H groups in total. The molecule has 9 nitrogen and oxygen atoms in total. The van der Waals surface area contributed by atoms with Gasteiger partial charge in [0.15, 0.2) is 0 Å². The van der Waals surface area contributed by atoms with Gasteiger partial charge in [-0.1, -0.05) is 7.43 Å². The number of unbranched alkanes of at least 4 members (excludes halogenated alkanes) is 1. The molecule has 0 aliphatic carbocycles. The largest absolute Gasteiger partial charge is 0.385 e. The summed E-state index contributed by atoms with van der Waals surface area (Å²) in [5.41, 5.74) is 2.96. The monoisotopic (exact) mass is 547 g/mol. The normalized spacial score (nSPS) is 18.9. The molecule has 2 aliphatic heterocycles. The lowest BCUT2D eigenvalue weighted by atomic mass is 10.0. The molecule has 1 amide bonds. The Bertz CT molecular complexity index is 1300. The van der Waals surface area contributed by atoms with Gasteiger partial charge < -0.3 is 19.4 Å². The van der Waals surface area contributed by atoms with Crippen LogP contribution in [0.2, 0.25) is 0 Å². The molecule has 10 heteroatoms. The quantitative estimate of drug-likeness (QED) is 0.446. The number of piperazine rings is 1. The number of ether oxygens (including phenoxy) is 2. The van der Waals surface area contributed by atoms with E-state index in [-0.39, 0.29) is 43.4 Å². The van der Waals surface area contributed by atoms with E-state index in [4.69, 9.17) is 9.47 Å². The average Bonchev–Trinajstić information content (AvgIpc) is 3.33. The molecule has 0 unspecified atom stereocenters. The van der Waals surface area contributed by atoms with Crippen LogP contribution in [0.5, 0.6) is 0 Å². The van der Waals surface area contributed by atoms with Crippen LogP contribution in [0.1, 0.15) is 62.0 Å². The maximum atomic E-state index is 13.8. The van der Waals surface area contributed by atoms with E-state index in [0.29, 0.717) is 30.7 Å². The van der Waals surface area contributed by atoms with Gasteiger partial charge in [0.05, 0.1) is 28.7 Å². The summed E-state index contributed by atoms with van der Waals surface area (Å²) in [7, 11) is 1.74. The van der Waals surface area contributed by atoms with E-state index in [9.17, 15) is 9.59 Å². The summed E-state index contributed by atoms with van der Waals surface area (Å²) < 4.78 is 12.7. The van der Waals surface area contributed by atoms with E-state index in [2.05, 4.69) is 21.9 Å². The fraction of sp³-hybridized carbons (Fsp3) is 0.607. The summed E-state index contributed by atoms with van der Waals surface area (Å²) in [4.78, 5) is 34.1. The molecule has 2 fully saturated rings. The second-order valence-corrected chi connectivity index (χ2v) is 10.2. The topological polar surface area (TPSA) is 92.7 Å². The van der Waals surface area contributed by atoms with Crippen LogP contribution >= 0.6 is 12.4 Å². The SMILES string of the molecule is C.COCCCCN1CCN(C(=O)c2cc3c(cc2C)[nH]c(=O)c2cnn(C4CCOCC4)c23)[C@H](C)C1.Cl. The number of nitrogens with one attached hydrogen (secondary N) is 1. The van der Waals surface area contributed by atoms with Crippen LogP contribution in [0.15, 0.2) is 23.1 Å². The molecule has 3 aromatic rings. The zero-order chi connectivity index (χ0) is 25.2. The van der Waals surface area contributed by atoms with Crippen molar-refractivity contribution < 1.29 is 14.3 Å². The van der Waals surface area contributed by atoms with Crippen molar-refractivity contribution in [1.29, 1.82) is 0 Å². The van der Waals surface area contributed by atoms with E-state index in [0.717, 1.165) is 73.9 Å². The zero-order valence-electron chi connectivity index (χ0n) is 22.0. The zero-order valence-corrected chi connectivity index (χ0v) is 22.8. The number of aryl methyl sites for hydroxylation is 1. The molecule has 0 saturated carbocycles. The van der Waals surface area contributed by atoms with Gasteiger partial charge in [-0.3, -0.25) is 19.2 Å². The summed E-state index contributed by atoms with van der Waals surface area (Å²) in [5, 5.41) is 6.03. The fourth-order valence-electron chi connectivity index (χ4n) is 5.71. The van der Waals surface area contributed by atoms with Crippen LogP contribution in [-0.4, -0.2) is 89.6 Å². The predicted molar refractivity (Wildman–Crippen MR) is 154 cm³/mol. The first-order valence-corrected chi connectivity index (χ1v) is 13.1. The van der Waals surface area contributed by atoms with Gasteiger partial charge in [-0.15, -0.1) is 12.4 Å². The first kappa shape index (κ1) is 30.1. The van der Waals surface area contributed by atoms with E-state index < -0.39 is 0 Å². The van der Waals surface area contributed by atoms with Crippen molar-refractivity contribution in [2.75, 3.05) is 53.1 Å². The first-order chi connectivity index (χ1) is 17.5. The molecule has 2 aliphatic rings. The van der Waals surface area contributed by atoms with Gasteiger partial charge >= 0.3 is 0 Å². The highest BCUT2D eigenvalue weighted by atomic mass is 35.5. The second kappa shape index (κ2) is 13.1. The minimum atomic E-state index is -0.149. The molecule has 2 saturated heterocycles. The van der Waals surface area contributed by atoms with Gasteiger partial charge in [-0.25, -0.2) is 0 Å².